The van der Waals surface area contributed by atoms with Crippen LogP contribution in [0.1, 0.15) is 13.3 Å². The van der Waals surface area contributed by atoms with Crippen molar-refractivity contribution in [2.24, 2.45) is 11.8 Å². The molecule has 0 amide bonds. The molecule has 0 radical (unpaired) electrons. The predicted molar refractivity (Wildman–Crippen MR) is 53.0 cm³/mol. The lowest BCUT2D eigenvalue weighted by Crippen LogP contribution is -2.24. The van der Waals surface area contributed by atoms with E-state index >= 15 is 0 Å². The van der Waals surface area contributed by atoms with Crippen molar-refractivity contribution in [3.05, 3.63) is 0 Å². The summed E-state index contributed by atoms with van der Waals surface area (Å²) in [5, 5.41) is 3.18. The van der Waals surface area contributed by atoms with Crippen LogP contribution in [0.5, 0.6) is 0 Å². The van der Waals surface area contributed by atoms with Gasteiger partial charge in [-0.3, -0.25) is 4.79 Å². The SMILES string of the molecule is COCCCOC(=O)C1CNCC1C. The van der Waals surface area contributed by atoms with Gasteiger partial charge in [-0.15, -0.1) is 0 Å². The van der Waals surface area contributed by atoms with E-state index in [1.807, 2.05) is 0 Å². The van der Waals surface area contributed by atoms with E-state index in [4.69, 9.17) is 9.47 Å². The number of methoxy groups -OCH3 is 1. The lowest BCUT2D eigenvalue weighted by atomic mass is 9.99. The Morgan fingerprint density at radius 3 is 2.79 bits per heavy atom. The molecule has 0 bridgehead atoms. The number of carbonyl (C=O) groups excluding carboxylic acids is 1. The first kappa shape index (κ1) is 11.5. The van der Waals surface area contributed by atoms with Crippen LogP contribution in [0.2, 0.25) is 0 Å². The molecule has 1 N–H and O–H groups in total. The zero-order valence-electron chi connectivity index (χ0n) is 8.91. The molecule has 0 aromatic carbocycles. The van der Waals surface area contributed by atoms with E-state index < -0.39 is 0 Å². The normalized spacial score (nSPS) is 26.4. The van der Waals surface area contributed by atoms with Crippen LogP contribution in [0.3, 0.4) is 0 Å². The Labute approximate surface area is 85.0 Å². The summed E-state index contributed by atoms with van der Waals surface area (Å²) in [4.78, 5) is 11.5. The zero-order valence-corrected chi connectivity index (χ0v) is 8.91. The van der Waals surface area contributed by atoms with E-state index in [0.29, 0.717) is 19.1 Å². The highest BCUT2D eigenvalue weighted by molar-refractivity contribution is 5.73. The molecule has 0 aromatic heterocycles. The van der Waals surface area contributed by atoms with Crippen molar-refractivity contribution in [1.29, 1.82) is 0 Å². The van der Waals surface area contributed by atoms with Crippen LogP contribution in [-0.4, -0.2) is 39.4 Å². The molecule has 14 heavy (non-hydrogen) atoms. The fourth-order valence-electron chi connectivity index (χ4n) is 1.61. The molecular weight excluding hydrogens is 182 g/mol. The Balaban J connectivity index is 2.14. The highest BCUT2D eigenvalue weighted by Crippen LogP contribution is 2.17. The molecule has 1 heterocycles. The molecule has 0 aromatic rings. The van der Waals surface area contributed by atoms with Gasteiger partial charge in [0, 0.05) is 26.7 Å². The standard InChI is InChI=1S/C10H19NO3/c1-8-6-11-7-9(8)10(12)14-5-3-4-13-2/h8-9,11H,3-7H2,1-2H3. The average Bonchev–Trinajstić information content (AvgIpc) is 2.59. The number of rotatable bonds is 5. The van der Waals surface area contributed by atoms with Gasteiger partial charge in [-0.05, 0) is 12.5 Å². The first-order chi connectivity index (χ1) is 6.75. The Kier molecular flexibility index (Phi) is 4.90. The molecule has 1 fully saturated rings. The number of hydrogen-bond donors (Lipinski definition) is 1. The summed E-state index contributed by atoms with van der Waals surface area (Å²) in [7, 11) is 1.64. The quantitative estimate of drug-likeness (QED) is 0.517. The third-order valence-electron chi connectivity index (χ3n) is 2.56. The van der Waals surface area contributed by atoms with E-state index in [1.54, 1.807) is 7.11 Å². The smallest absolute Gasteiger partial charge is 0.310 e. The van der Waals surface area contributed by atoms with Gasteiger partial charge in [-0.2, -0.15) is 0 Å². The fourth-order valence-corrected chi connectivity index (χ4v) is 1.61. The van der Waals surface area contributed by atoms with Crippen molar-refractivity contribution in [2.75, 3.05) is 33.4 Å². The fraction of sp³-hybridized carbons (Fsp3) is 0.900. The summed E-state index contributed by atoms with van der Waals surface area (Å²) in [5.41, 5.74) is 0. The lowest BCUT2D eigenvalue weighted by molar-refractivity contribution is -0.149. The molecule has 2 atom stereocenters. The largest absolute Gasteiger partial charge is 0.465 e. The van der Waals surface area contributed by atoms with Gasteiger partial charge in [0.15, 0.2) is 0 Å². The second-order valence-electron chi connectivity index (χ2n) is 3.76. The second kappa shape index (κ2) is 5.98. The summed E-state index contributed by atoms with van der Waals surface area (Å²) in [6.45, 7) is 4.85. The van der Waals surface area contributed by atoms with Crippen LogP contribution in [-0.2, 0) is 14.3 Å². The first-order valence-corrected chi connectivity index (χ1v) is 5.12. The molecule has 4 nitrogen and oxygen atoms in total. The molecule has 1 aliphatic heterocycles. The van der Waals surface area contributed by atoms with Gasteiger partial charge in [0.2, 0.25) is 0 Å². The highest BCUT2D eigenvalue weighted by atomic mass is 16.5. The average molecular weight is 201 g/mol. The summed E-state index contributed by atoms with van der Waals surface area (Å²) >= 11 is 0. The minimum atomic E-state index is -0.0707. The lowest BCUT2D eigenvalue weighted by Gasteiger charge is -2.12. The second-order valence-corrected chi connectivity index (χ2v) is 3.76. The Morgan fingerprint density at radius 2 is 2.21 bits per heavy atom. The molecule has 0 saturated carbocycles. The monoisotopic (exact) mass is 201 g/mol. The van der Waals surface area contributed by atoms with Crippen molar-refractivity contribution in [1.82, 2.24) is 5.32 Å². The van der Waals surface area contributed by atoms with E-state index in [1.165, 1.54) is 0 Å². The number of ether oxygens (including phenoxy) is 2. The van der Waals surface area contributed by atoms with Gasteiger partial charge < -0.3 is 14.8 Å². The van der Waals surface area contributed by atoms with Gasteiger partial charge >= 0.3 is 5.97 Å². The van der Waals surface area contributed by atoms with E-state index in [0.717, 1.165) is 19.5 Å². The summed E-state index contributed by atoms with van der Waals surface area (Å²) in [6, 6.07) is 0. The van der Waals surface area contributed by atoms with Crippen molar-refractivity contribution in [3.8, 4) is 0 Å². The first-order valence-electron chi connectivity index (χ1n) is 5.12. The molecule has 2 unspecified atom stereocenters. The van der Waals surface area contributed by atoms with Gasteiger partial charge in [0.1, 0.15) is 0 Å². The minimum absolute atomic E-state index is 0.0394. The Morgan fingerprint density at radius 1 is 1.43 bits per heavy atom. The number of carbonyl (C=O) groups is 1. The highest BCUT2D eigenvalue weighted by Gasteiger charge is 2.30. The maximum atomic E-state index is 11.5. The molecule has 1 rings (SSSR count). The maximum absolute atomic E-state index is 11.5. The third-order valence-corrected chi connectivity index (χ3v) is 2.56. The number of hydrogen-bond acceptors (Lipinski definition) is 4. The van der Waals surface area contributed by atoms with Crippen molar-refractivity contribution >= 4 is 5.97 Å². The molecule has 1 saturated heterocycles. The van der Waals surface area contributed by atoms with Gasteiger partial charge in [-0.1, -0.05) is 6.92 Å². The summed E-state index contributed by atoms with van der Waals surface area (Å²) < 4.78 is 10.0. The van der Waals surface area contributed by atoms with E-state index in [9.17, 15) is 4.79 Å². The van der Waals surface area contributed by atoms with Crippen LogP contribution in [0.4, 0.5) is 0 Å². The third kappa shape index (κ3) is 3.27. The molecule has 0 spiro atoms. The van der Waals surface area contributed by atoms with Crippen LogP contribution in [0.15, 0.2) is 0 Å². The van der Waals surface area contributed by atoms with Gasteiger partial charge in [-0.25, -0.2) is 0 Å². The minimum Gasteiger partial charge on any atom is -0.465 e. The van der Waals surface area contributed by atoms with Crippen molar-refractivity contribution < 1.29 is 14.3 Å². The topological polar surface area (TPSA) is 47.6 Å². The van der Waals surface area contributed by atoms with Crippen LogP contribution in [0.25, 0.3) is 0 Å². The zero-order chi connectivity index (χ0) is 10.4. The number of esters is 1. The summed E-state index contributed by atoms with van der Waals surface area (Å²) in [5.74, 6) is 0.362. The van der Waals surface area contributed by atoms with Crippen LogP contribution < -0.4 is 5.32 Å². The maximum Gasteiger partial charge on any atom is 0.310 e. The van der Waals surface area contributed by atoms with Gasteiger partial charge in [0.25, 0.3) is 0 Å². The predicted octanol–water partition coefficient (Wildman–Crippen LogP) is 0.422. The van der Waals surface area contributed by atoms with Crippen LogP contribution >= 0.6 is 0 Å². The van der Waals surface area contributed by atoms with Crippen LogP contribution in [0, 0.1) is 11.8 Å². The van der Waals surface area contributed by atoms with Crippen molar-refractivity contribution in [3.63, 3.8) is 0 Å². The van der Waals surface area contributed by atoms with Crippen molar-refractivity contribution in [2.45, 2.75) is 13.3 Å². The molecule has 82 valence electrons. The summed E-state index contributed by atoms with van der Waals surface area (Å²) in [6.07, 6.45) is 0.775. The van der Waals surface area contributed by atoms with E-state index in [2.05, 4.69) is 12.2 Å². The van der Waals surface area contributed by atoms with E-state index in [-0.39, 0.29) is 11.9 Å². The molecule has 4 heteroatoms. The Bertz CT molecular complexity index is 184. The molecule has 1 aliphatic rings. The van der Waals surface area contributed by atoms with Gasteiger partial charge in [0.05, 0.1) is 12.5 Å². The molecular formula is C10H19NO3. The number of nitrogens with one attached hydrogen (secondary N) is 1. The Hall–Kier alpha value is -0.610. The molecule has 0 aliphatic carbocycles.